The topological polar surface area (TPSA) is 68.8 Å². The number of aliphatic hydroxyl groups excluding tert-OH is 1. The predicted molar refractivity (Wildman–Crippen MR) is 77.4 cm³/mol. The summed E-state index contributed by atoms with van der Waals surface area (Å²) < 4.78 is 2.46. The van der Waals surface area contributed by atoms with E-state index in [2.05, 4.69) is 37.9 Å². The molecule has 7 heteroatoms. The minimum Gasteiger partial charge on any atom is -0.380 e. The molecular formula is C12H16IN5O. The fraction of sp³-hybridized carbons (Fsp3) is 0.583. The molecule has 0 bridgehead atoms. The molecule has 0 aromatic carbocycles. The molecule has 0 spiro atoms. The summed E-state index contributed by atoms with van der Waals surface area (Å²) in [6.45, 7) is 0. The van der Waals surface area contributed by atoms with Crippen molar-refractivity contribution in [2.24, 2.45) is 20.0 Å². The molecule has 1 atom stereocenters. The fourth-order valence-electron chi connectivity index (χ4n) is 2.22. The van der Waals surface area contributed by atoms with Gasteiger partial charge in [-0.15, -0.1) is 5.10 Å². The van der Waals surface area contributed by atoms with E-state index in [4.69, 9.17) is 0 Å². The quantitative estimate of drug-likeness (QED) is 0.818. The smallest absolute Gasteiger partial charge is 0.149 e. The lowest BCUT2D eigenvalue weighted by molar-refractivity contribution is 0.203. The summed E-state index contributed by atoms with van der Waals surface area (Å²) in [4.78, 5) is 1.47. The second-order valence-corrected chi connectivity index (χ2v) is 6.12. The van der Waals surface area contributed by atoms with Crippen LogP contribution >= 0.6 is 22.6 Å². The summed E-state index contributed by atoms with van der Waals surface area (Å²) in [6, 6.07) is 1.98. The first-order valence-electron chi connectivity index (χ1n) is 6.32. The predicted octanol–water partition coefficient (Wildman–Crippen LogP) is 1.19. The van der Waals surface area contributed by atoms with E-state index in [1.165, 1.54) is 17.6 Å². The number of aliphatic hydroxyl groups is 1. The lowest BCUT2D eigenvalue weighted by Crippen LogP contribution is -2.08. The summed E-state index contributed by atoms with van der Waals surface area (Å²) in [6.07, 6.45) is 2.84. The van der Waals surface area contributed by atoms with E-state index in [0.29, 0.717) is 5.69 Å². The number of hydrogen-bond acceptors (Lipinski definition) is 4. The van der Waals surface area contributed by atoms with E-state index >= 15 is 0 Å². The van der Waals surface area contributed by atoms with Gasteiger partial charge in [-0.2, -0.15) is 15.0 Å². The van der Waals surface area contributed by atoms with Crippen LogP contribution in [0.25, 0.3) is 0 Å². The molecule has 0 saturated heterocycles. The van der Waals surface area contributed by atoms with E-state index in [-0.39, 0.29) is 0 Å². The molecule has 0 aliphatic heterocycles. The van der Waals surface area contributed by atoms with Gasteiger partial charge in [-0.05, 0) is 53.8 Å². The summed E-state index contributed by atoms with van der Waals surface area (Å²) in [5, 5.41) is 23.3. The molecule has 2 aromatic heterocycles. The van der Waals surface area contributed by atoms with Gasteiger partial charge in [0.25, 0.3) is 0 Å². The van der Waals surface area contributed by atoms with Crippen molar-refractivity contribution in [3.8, 4) is 0 Å². The highest BCUT2D eigenvalue weighted by Gasteiger charge is 2.26. The van der Waals surface area contributed by atoms with E-state index in [9.17, 15) is 5.11 Å². The maximum atomic E-state index is 10.4. The van der Waals surface area contributed by atoms with Crippen LogP contribution in [0.3, 0.4) is 0 Å². The molecule has 2 aromatic rings. The van der Waals surface area contributed by atoms with Gasteiger partial charge >= 0.3 is 0 Å². The maximum absolute atomic E-state index is 10.4. The van der Waals surface area contributed by atoms with Gasteiger partial charge < -0.3 is 5.11 Å². The van der Waals surface area contributed by atoms with Crippen LogP contribution in [0.2, 0.25) is 0 Å². The third-order valence-corrected chi connectivity index (χ3v) is 4.17. The second-order valence-electron chi connectivity index (χ2n) is 5.10. The Bertz CT molecular complexity index is 601. The highest BCUT2D eigenvalue weighted by molar-refractivity contribution is 14.1. The lowest BCUT2D eigenvalue weighted by Gasteiger charge is -2.07. The lowest BCUT2D eigenvalue weighted by atomic mass is 10.1. The molecule has 1 aliphatic rings. The molecule has 19 heavy (non-hydrogen) atoms. The van der Waals surface area contributed by atoms with Crippen molar-refractivity contribution in [2.75, 3.05) is 0 Å². The molecule has 2 heterocycles. The standard InChI is InChI=1S/C12H16IN5O/c1-17-9(6-8(14-17)5-7-3-4-7)11(19)10-12(13)16-18(2)15-10/h6-7,11,19H,3-5H2,1-2H3. The van der Waals surface area contributed by atoms with E-state index in [1.807, 2.05) is 13.1 Å². The van der Waals surface area contributed by atoms with Gasteiger partial charge in [-0.3, -0.25) is 4.68 Å². The summed E-state index contributed by atoms with van der Waals surface area (Å²) in [5.74, 6) is 0.788. The van der Waals surface area contributed by atoms with E-state index in [1.54, 1.807) is 11.7 Å². The van der Waals surface area contributed by atoms with Gasteiger partial charge in [0, 0.05) is 14.1 Å². The molecule has 1 saturated carbocycles. The summed E-state index contributed by atoms with van der Waals surface area (Å²) in [7, 11) is 3.61. The first-order chi connectivity index (χ1) is 9.04. The normalized spacial score (nSPS) is 16.8. The molecule has 1 fully saturated rings. The number of nitrogens with zero attached hydrogens (tertiary/aromatic N) is 5. The van der Waals surface area contributed by atoms with Crippen LogP contribution in [0.15, 0.2) is 6.07 Å². The van der Waals surface area contributed by atoms with Crippen LogP contribution in [0.4, 0.5) is 0 Å². The Labute approximate surface area is 124 Å². The van der Waals surface area contributed by atoms with E-state index < -0.39 is 6.10 Å². The van der Waals surface area contributed by atoms with Crippen LogP contribution in [-0.2, 0) is 20.5 Å². The van der Waals surface area contributed by atoms with E-state index in [0.717, 1.165) is 27.4 Å². The SMILES string of the molecule is Cn1nc(I)c(C(O)c2cc(CC3CC3)nn2C)n1. The Hall–Kier alpha value is -0.960. The zero-order valence-corrected chi connectivity index (χ0v) is 13.1. The monoisotopic (exact) mass is 373 g/mol. The van der Waals surface area contributed by atoms with Gasteiger partial charge in [0.2, 0.25) is 0 Å². The van der Waals surface area contributed by atoms with Gasteiger partial charge in [0.05, 0.1) is 11.4 Å². The zero-order valence-electron chi connectivity index (χ0n) is 10.9. The molecule has 3 rings (SSSR count). The number of hydrogen-bond donors (Lipinski definition) is 1. The Kier molecular flexibility index (Phi) is 3.34. The van der Waals surface area contributed by atoms with Crippen molar-refractivity contribution in [1.29, 1.82) is 0 Å². The van der Waals surface area contributed by atoms with Crippen LogP contribution in [-0.4, -0.2) is 29.9 Å². The summed E-state index contributed by atoms with van der Waals surface area (Å²) >= 11 is 2.09. The third kappa shape index (κ3) is 2.66. The van der Waals surface area contributed by atoms with Gasteiger partial charge in [0.15, 0.2) is 0 Å². The number of aromatic nitrogens is 5. The third-order valence-electron chi connectivity index (χ3n) is 3.40. The molecule has 1 N–H and O–H groups in total. The van der Waals surface area contributed by atoms with Crippen molar-refractivity contribution in [2.45, 2.75) is 25.4 Å². The van der Waals surface area contributed by atoms with Gasteiger partial charge in [-0.1, -0.05) is 0 Å². The molecule has 1 aliphatic carbocycles. The average molecular weight is 373 g/mol. The first-order valence-corrected chi connectivity index (χ1v) is 7.40. The highest BCUT2D eigenvalue weighted by atomic mass is 127. The fourth-order valence-corrected chi connectivity index (χ4v) is 2.94. The molecule has 6 nitrogen and oxygen atoms in total. The average Bonchev–Trinajstić information content (AvgIpc) is 2.98. The largest absolute Gasteiger partial charge is 0.380 e. The summed E-state index contributed by atoms with van der Waals surface area (Å²) in [5.41, 5.74) is 2.41. The Morgan fingerprint density at radius 3 is 2.68 bits per heavy atom. The molecular weight excluding hydrogens is 357 g/mol. The highest BCUT2D eigenvalue weighted by Crippen LogP contribution is 2.33. The van der Waals surface area contributed by atoms with Gasteiger partial charge in [-0.25, -0.2) is 0 Å². The Morgan fingerprint density at radius 1 is 1.37 bits per heavy atom. The second kappa shape index (κ2) is 4.86. The minimum atomic E-state index is -0.772. The molecule has 1 unspecified atom stereocenters. The zero-order chi connectivity index (χ0) is 13.6. The Morgan fingerprint density at radius 2 is 2.11 bits per heavy atom. The minimum absolute atomic E-state index is 0.587. The van der Waals surface area contributed by atoms with Crippen molar-refractivity contribution >= 4 is 22.6 Å². The molecule has 0 amide bonds. The number of halogens is 1. The van der Waals surface area contributed by atoms with Crippen LogP contribution in [0.5, 0.6) is 0 Å². The first kappa shape index (κ1) is 13.0. The van der Waals surface area contributed by atoms with Gasteiger partial charge in [0.1, 0.15) is 15.5 Å². The van der Waals surface area contributed by atoms with Crippen LogP contribution in [0.1, 0.15) is 36.0 Å². The Balaban J connectivity index is 1.87. The van der Waals surface area contributed by atoms with Crippen LogP contribution < -0.4 is 0 Å². The maximum Gasteiger partial charge on any atom is 0.149 e. The van der Waals surface area contributed by atoms with Crippen molar-refractivity contribution < 1.29 is 5.11 Å². The van der Waals surface area contributed by atoms with Crippen LogP contribution in [0, 0.1) is 9.62 Å². The molecule has 0 radical (unpaired) electrons. The number of rotatable bonds is 4. The van der Waals surface area contributed by atoms with Crippen molar-refractivity contribution in [3.63, 3.8) is 0 Å². The van der Waals surface area contributed by atoms with Crippen molar-refractivity contribution in [1.82, 2.24) is 24.8 Å². The van der Waals surface area contributed by atoms with Crippen molar-refractivity contribution in [3.05, 3.63) is 26.8 Å². The number of aryl methyl sites for hydroxylation is 2. The molecule has 102 valence electrons.